The van der Waals surface area contributed by atoms with Gasteiger partial charge in [0, 0.05) is 26.6 Å². The Balaban J connectivity index is 4.14. The number of hydrogen-bond acceptors (Lipinski definition) is 4. The van der Waals surface area contributed by atoms with E-state index >= 15 is 0 Å². The number of methoxy groups -OCH3 is 1. The van der Waals surface area contributed by atoms with Crippen LogP contribution in [0.25, 0.3) is 0 Å². The molecule has 0 aliphatic carbocycles. The Morgan fingerprint density at radius 1 is 1.28 bits per heavy atom. The molecule has 0 aliphatic rings. The predicted octanol–water partition coefficient (Wildman–Crippen LogP) is 0.398. The summed E-state index contributed by atoms with van der Waals surface area (Å²) in [5, 5.41) is 0. The van der Waals surface area contributed by atoms with Gasteiger partial charge in [-0.3, -0.25) is 4.79 Å². The third-order valence-electron chi connectivity index (χ3n) is 2.88. The zero-order valence-corrected chi connectivity index (χ0v) is 12.3. The minimum Gasteiger partial charge on any atom is -0.383 e. The van der Waals surface area contributed by atoms with Gasteiger partial charge in [0.2, 0.25) is 5.91 Å². The summed E-state index contributed by atoms with van der Waals surface area (Å²) in [7, 11) is 5.74. The van der Waals surface area contributed by atoms with Gasteiger partial charge < -0.3 is 20.3 Å². The van der Waals surface area contributed by atoms with Gasteiger partial charge in [-0.2, -0.15) is 0 Å². The van der Waals surface area contributed by atoms with E-state index in [0.717, 1.165) is 19.5 Å². The minimum absolute atomic E-state index is 0.184. The highest BCUT2D eigenvalue weighted by atomic mass is 16.5. The van der Waals surface area contributed by atoms with Gasteiger partial charge in [0.15, 0.2) is 0 Å². The molecule has 1 unspecified atom stereocenters. The van der Waals surface area contributed by atoms with Crippen LogP contribution in [0.3, 0.4) is 0 Å². The molecule has 108 valence electrons. The van der Waals surface area contributed by atoms with E-state index in [1.54, 1.807) is 7.11 Å². The fraction of sp³-hybridized carbons (Fsp3) is 0.923. The summed E-state index contributed by atoms with van der Waals surface area (Å²) in [6, 6.07) is 0. The molecule has 0 radical (unpaired) electrons. The molecule has 18 heavy (non-hydrogen) atoms. The third-order valence-corrected chi connectivity index (χ3v) is 2.88. The average Bonchev–Trinajstić information content (AvgIpc) is 2.32. The van der Waals surface area contributed by atoms with Gasteiger partial charge in [-0.05, 0) is 39.5 Å². The number of ether oxygens (including phenoxy) is 1. The van der Waals surface area contributed by atoms with Crippen LogP contribution < -0.4 is 5.73 Å². The lowest BCUT2D eigenvalue weighted by atomic mass is 10.1. The lowest BCUT2D eigenvalue weighted by Crippen LogP contribution is -2.37. The molecule has 0 aromatic rings. The number of rotatable bonds is 10. The van der Waals surface area contributed by atoms with Gasteiger partial charge >= 0.3 is 0 Å². The molecule has 5 nitrogen and oxygen atoms in total. The SMILES string of the molecule is COCCN(CCCN(C)C)C(=O)CC(C)CN. The van der Waals surface area contributed by atoms with Crippen molar-refractivity contribution >= 4 is 5.91 Å². The molecule has 1 amide bonds. The van der Waals surface area contributed by atoms with Crippen LogP contribution in [-0.4, -0.2) is 69.7 Å². The number of carbonyl (C=O) groups is 1. The Hall–Kier alpha value is -0.650. The zero-order valence-electron chi connectivity index (χ0n) is 12.3. The fourth-order valence-electron chi connectivity index (χ4n) is 1.65. The molecular weight excluding hydrogens is 230 g/mol. The van der Waals surface area contributed by atoms with Gasteiger partial charge in [-0.1, -0.05) is 6.92 Å². The molecule has 0 bridgehead atoms. The van der Waals surface area contributed by atoms with E-state index in [9.17, 15) is 4.79 Å². The van der Waals surface area contributed by atoms with Crippen LogP contribution in [0.4, 0.5) is 0 Å². The van der Waals surface area contributed by atoms with Crippen molar-refractivity contribution in [1.29, 1.82) is 0 Å². The van der Waals surface area contributed by atoms with Gasteiger partial charge in [0.25, 0.3) is 0 Å². The maximum Gasteiger partial charge on any atom is 0.222 e. The van der Waals surface area contributed by atoms with E-state index < -0.39 is 0 Å². The van der Waals surface area contributed by atoms with Crippen LogP contribution in [0.5, 0.6) is 0 Å². The number of carbonyl (C=O) groups excluding carboxylic acids is 1. The highest BCUT2D eigenvalue weighted by molar-refractivity contribution is 5.76. The molecule has 1 atom stereocenters. The number of hydrogen-bond donors (Lipinski definition) is 1. The maximum absolute atomic E-state index is 12.1. The van der Waals surface area contributed by atoms with Gasteiger partial charge in [-0.25, -0.2) is 0 Å². The topological polar surface area (TPSA) is 58.8 Å². The van der Waals surface area contributed by atoms with E-state index in [1.165, 1.54) is 0 Å². The monoisotopic (exact) mass is 259 g/mol. The molecule has 5 heteroatoms. The molecule has 0 fully saturated rings. The van der Waals surface area contributed by atoms with Gasteiger partial charge in [0.05, 0.1) is 6.61 Å². The standard InChI is InChI=1S/C13H29N3O2/c1-12(11-14)10-13(17)16(8-9-18-4)7-5-6-15(2)3/h12H,5-11,14H2,1-4H3. The van der Waals surface area contributed by atoms with Crippen molar-refractivity contribution in [2.75, 3.05) is 54.0 Å². The Bertz CT molecular complexity index is 222. The summed E-state index contributed by atoms with van der Waals surface area (Å²) in [5.74, 6) is 0.431. The third kappa shape index (κ3) is 8.44. The van der Waals surface area contributed by atoms with E-state index in [0.29, 0.717) is 26.1 Å². The Morgan fingerprint density at radius 2 is 1.94 bits per heavy atom. The van der Waals surface area contributed by atoms with E-state index in [1.807, 2.05) is 25.9 Å². The van der Waals surface area contributed by atoms with Crippen LogP contribution in [0.1, 0.15) is 19.8 Å². The summed E-state index contributed by atoms with van der Waals surface area (Å²) in [5.41, 5.74) is 5.56. The van der Waals surface area contributed by atoms with Crippen molar-refractivity contribution in [3.63, 3.8) is 0 Å². The minimum atomic E-state index is 0.184. The van der Waals surface area contributed by atoms with Crippen LogP contribution in [0.2, 0.25) is 0 Å². The highest BCUT2D eigenvalue weighted by Gasteiger charge is 2.15. The van der Waals surface area contributed by atoms with Gasteiger partial charge in [0.1, 0.15) is 0 Å². The summed E-state index contributed by atoms with van der Waals surface area (Å²) in [4.78, 5) is 16.1. The van der Waals surface area contributed by atoms with Crippen molar-refractivity contribution in [1.82, 2.24) is 9.80 Å². The first-order valence-corrected chi connectivity index (χ1v) is 6.62. The second-order valence-electron chi connectivity index (χ2n) is 5.08. The largest absolute Gasteiger partial charge is 0.383 e. The number of nitrogens with two attached hydrogens (primary N) is 1. The maximum atomic E-state index is 12.1. The second-order valence-corrected chi connectivity index (χ2v) is 5.08. The molecular formula is C13H29N3O2. The second kappa shape index (κ2) is 10.3. The summed E-state index contributed by atoms with van der Waals surface area (Å²) in [6.07, 6.45) is 1.52. The molecule has 0 aromatic carbocycles. The summed E-state index contributed by atoms with van der Waals surface area (Å²) >= 11 is 0. The fourth-order valence-corrected chi connectivity index (χ4v) is 1.65. The molecule has 0 spiro atoms. The van der Waals surface area contributed by atoms with E-state index in [2.05, 4.69) is 4.90 Å². The van der Waals surface area contributed by atoms with Crippen molar-refractivity contribution in [2.24, 2.45) is 11.7 Å². The van der Waals surface area contributed by atoms with E-state index in [4.69, 9.17) is 10.5 Å². The lowest BCUT2D eigenvalue weighted by molar-refractivity contribution is -0.132. The van der Waals surface area contributed by atoms with Crippen LogP contribution in [-0.2, 0) is 9.53 Å². The predicted molar refractivity (Wildman–Crippen MR) is 74.5 cm³/mol. The van der Waals surface area contributed by atoms with Crippen molar-refractivity contribution in [2.45, 2.75) is 19.8 Å². The zero-order chi connectivity index (χ0) is 14.0. The smallest absolute Gasteiger partial charge is 0.222 e. The summed E-state index contributed by atoms with van der Waals surface area (Å²) in [6.45, 7) is 5.60. The van der Waals surface area contributed by atoms with Crippen LogP contribution >= 0.6 is 0 Å². The van der Waals surface area contributed by atoms with Gasteiger partial charge in [-0.15, -0.1) is 0 Å². The molecule has 2 N–H and O–H groups in total. The number of amides is 1. The Kier molecular flexibility index (Phi) is 9.92. The molecule has 0 saturated carbocycles. The lowest BCUT2D eigenvalue weighted by Gasteiger charge is -2.24. The first kappa shape index (κ1) is 17.4. The van der Waals surface area contributed by atoms with Crippen LogP contribution in [0, 0.1) is 5.92 Å². The molecule has 0 aliphatic heterocycles. The quantitative estimate of drug-likeness (QED) is 0.617. The average molecular weight is 259 g/mol. The molecule has 0 heterocycles. The Labute approximate surface area is 111 Å². The molecule has 0 rings (SSSR count). The molecule has 0 aromatic heterocycles. The highest BCUT2D eigenvalue weighted by Crippen LogP contribution is 2.05. The molecule has 0 saturated heterocycles. The van der Waals surface area contributed by atoms with E-state index in [-0.39, 0.29) is 11.8 Å². The first-order chi connectivity index (χ1) is 8.51. The normalized spacial score (nSPS) is 12.8. The van der Waals surface area contributed by atoms with Crippen LogP contribution in [0.15, 0.2) is 0 Å². The number of nitrogens with zero attached hydrogens (tertiary/aromatic N) is 2. The summed E-state index contributed by atoms with van der Waals surface area (Å²) < 4.78 is 5.05. The van der Waals surface area contributed by atoms with Crippen molar-refractivity contribution < 1.29 is 9.53 Å². The Morgan fingerprint density at radius 3 is 2.44 bits per heavy atom. The van der Waals surface area contributed by atoms with Crippen molar-refractivity contribution in [3.8, 4) is 0 Å². The first-order valence-electron chi connectivity index (χ1n) is 6.62. The van der Waals surface area contributed by atoms with Crippen molar-refractivity contribution in [3.05, 3.63) is 0 Å².